The fraction of sp³-hybridized carbons (Fsp3) is 0.217. The Bertz CT molecular complexity index is 1180. The van der Waals surface area contributed by atoms with Crippen molar-refractivity contribution in [1.29, 1.82) is 0 Å². The smallest absolute Gasteiger partial charge is 0.301 e. The number of carbonyl (C=O) groups excluding carboxylic acids is 2. The summed E-state index contributed by atoms with van der Waals surface area (Å²) in [4.78, 5) is 27.5. The Morgan fingerprint density at radius 1 is 1.16 bits per heavy atom. The highest BCUT2D eigenvalue weighted by molar-refractivity contribution is 7.15. The number of hydrogen-bond donors (Lipinski definition) is 1. The molecule has 1 unspecified atom stereocenters. The normalized spacial score (nSPS) is 17.9. The Hall–Kier alpha value is -3.52. The summed E-state index contributed by atoms with van der Waals surface area (Å²) < 4.78 is 5.33. The zero-order valence-electron chi connectivity index (χ0n) is 17.3. The number of anilines is 1. The van der Waals surface area contributed by atoms with Crippen LogP contribution < -0.4 is 9.64 Å². The quantitative estimate of drug-likeness (QED) is 0.369. The van der Waals surface area contributed by atoms with Crippen LogP contribution in [-0.4, -0.2) is 34.1 Å². The summed E-state index contributed by atoms with van der Waals surface area (Å²) in [6.45, 7) is 3.87. The van der Waals surface area contributed by atoms with Crippen molar-refractivity contribution in [2.45, 2.75) is 26.3 Å². The van der Waals surface area contributed by atoms with Crippen LogP contribution in [0.1, 0.15) is 34.7 Å². The molecule has 3 aromatic rings. The van der Waals surface area contributed by atoms with E-state index in [2.05, 4.69) is 10.2 Å². The molecule has 158 valence electrons. The molecule has 1 amide bonds. The first-order valence-electron chi connectivity index (χ1n) is 9.79. The van der Waals surface area contributed by atoms with Crippen molar-refractivity contribution in [3.05, 3.63) is 75.8 Å². The highest BCUT2D eigenvalue weighted by Crippen LogP contribution is 2.43. The van der Waals surface area contributed by atoms with Crippen molar-refractivity contribution in [1.82, 2.24) is 10.2 Å². The molecule has 1 aliphatic heterocycles. The van der Waals surface area contributed by atoms with Crippen molar-refractivity contribution in [3.8, 4) is 5.75 Å². The Morgan fingerprint density at radius 2 is 1.90 bits per heavy atom. The molecule has 2 aromatic carbocycles. The second kappa shape index (κ2) is 8.31. The van der Waals surface area contributed by atoms with Gasteiger partial charge in [-0.15, -0.1) is 10.2 Å². The van der Waals surface area contributed by atoms with E-state index >= 15 is 0 Å². The molecular formula is C23H21N3O4S. The first kappa shape index (κ1) is 20.7. The molecule has 31 heavy (non-hydrogen) atoms. The summed E-state index contributed by atoms with van der Waals surface area (Å²) >= 11 is 1.25. The first-order valence-corrected chi connectivity index (χ1v) is 10.6. The number of carbonyl (C=O) groups is 2. The minimum atomic E-state index is -0.853. The second-order valence-corrected chi connectivity index (χ2v) is 8.18. The molecule has 0 saturated carbocycles. The highest BCUT2D eigenvalue weighted by Gasteiger charge is 2.48. The molecule has 1 fully saturated rings. The van der Waals surface area contributed by atoms with Crippen LogP contribution in [-0.2, 0) is 16.0 Å². The first-order chi connectivity index (χ1) is 14.9. The maximum atomic E-state index is 13.1. The number of Topliss-reactive ketones (excluding diaryl/α,β-unsaturated/α-hetero) is 1. The van der Waals surface area contributed by atoms with Crippen molar-refractivity contribution in [2.24, 2.45) is 0 Å². The van der Waals surface area contributed by atoms with Crippen LogP contribution in [0.2, 0.25) is 0 Å². The van der Waals surface area contributed by atoms with Gasteiger partial charge in [0.05, 0.1) is 18.7 Å². The monoisotopic (exact) mass is 435 g/mol. The largest absolute Gasteiger partial charge is 0.507 e. The number of nitrogens with zero attached hydrogens (tertiary/aromatic N) is 3. The number of aryl methyl sites for hydroxylation is 2. The molecule has 1 atom stereocenters. The van der Waals surface area contributed by atoms with Crippen LogP contribution >= 0.6 is 11.3 Å². The molecule has 1 aromatic heterocycles. The minimum absolute atomic E-state index is 0.00959. The number of rotatable bonds is 5. The molecule has 1 N–H and O–H groups in total. The Balaban J connectivity index is 1.93. The van der Waals surface area contributed by atoms with E-state index < -0.39 is 17.7 Å². The fourth-order valence-corrected chi connectivity index (χ4v) is 4.31. The molecule has 4 rings (SSSR count). The van der Waals surface area contributed by atoms with E-state index in [0.29, 0.717) is 28.4 Å². The molecule has 8 heteroatoms. The number of amides is 1. The fourth-order valence-electron chi connectivity index (χ4n) is 3.51. The van der Waals surface area contributed by atoms with Crippen LogP contribution in [0.15, 0.2) is 54.1 Å². The van der Waals surface area contributed by atoms with Crippen LogP contribution in [0.5, 0.6) is 5.75 Å². The van der Waals surface area contributed by atoms with Gasteiger partial charge in [-0.2, -0.15) is 0 Å². The van der Waals surface area contributed by atoms with Gasteiger partial charge in [-0.25, -0.2) is 0 Å². The summed E-state index contributed by atoms with van der Waals surface area (Å²) in [5.74, 6) is -1.17. The van der Waals surface area contributed by atoms with E-state index in [1.165, 1.54) is 16.2 Å². The molecule has 7 nitrogen and oxygen atoms in total. The number of hydrogen-bond acceptors (Lipinski definition) is 7. The van der Waals surface area contributed by atoms with Gasteiger partial charge < -0.3 is 9.84 Å². The summed E-state index contributed by atoms with van der Waals surface area (Å²) in [6, 6.07) is 13.3. The third kappa shape index (κ3) is 3.70. The minimum Gasteiger partial charge on any atom is -0.507 e. The van der Waals surface area contributed by atoms with E-state index in [0.717, 1.165) is 10.6 Å². The highest BCUT2D eigenvalue weighted by atomic mass is 32.1. The van der Waals surface area contributed by atoms with Gasteiger partial charge in [-0.1, -0.05) is 60.2 Å². The summed E-state index contributed by atoms with van der Waals surface area (Å²) in [7, 11) is 1.54. The summed E-state index contributed by atoms with van der Waals surface area (Å²) in [5, 5.41) is 20.4. The van der Waals surface area contributed by atoms with Crippen molar-refractivity contribution in [3.63, 3.8) is 0 Å². The number of ketones is 1. The van der Waals surface area contributed by atoms with E-state index in [4.69, 9.17) is 4.74 Å². The molecule has 0 radical (unpaired) electrons. The van der Waals surface area contributed by atoms with E-state index in [1.54, 1.807) is 43.5 Å². The van der Waals surface area contributed by atoms with Crippen LogP contribution in [0, 0.1) is 6.92 Å². The zero-order chi connectivity index (χ0) is 22.1. The van der Waals surface area contributed by atoms with Crippen LogP contribution in [0.4, 0.5) is 5.13 Å². The molecule has 0 aliphatic carbocycles. The lowest BCUT2D eigenvalue weighted by molar-refractivity contribution is -0.132. The Morgan fingerprint density at radius 3 is 2.55 bits per heavy atom. The molecule has 1 saturated heterocycles. The maximum Gasteiger partial charge on any atom is 0.301 e. The predicted molar refractivity (Wildman–Crippen MR) is 118 cm³/mol. The van der Waals surface area contributed by atoms with Crippen molar-refractivity contribution < 1.29 is 19.4 Å². The zero-order valence-corrected chi connectivity index (χ0v) is 18.1. The van der Waals surface area contributed by atoms with Gasteiger partial charge in [0.1, 0.15) is 16.5 Å². The molecule has 1 aliphatic rings. The standard InChI is InChI=1S/C23H21N3O4S/c1-4-17-24-25-23(31-17)26-19(15-6-5-7-16(12-15)30-3)18(21(28)22(26)29)20(27)14-10-8-13(2)9-11-14/h5-12,19,27H,4H2,1-3H3/b20-18+. The van der Waals surface area contributed by atoms with Gasteiger partial charge in [0.15, 0.2) is 0 Å². The van der Waals surface area contributed by atoms with Gasteiger partial charge in [0, 0.05) is 5.56 Å². The summed E-state index contributed by atoms with van der Waals surface area (Å²) in [6.07, 6.45) is 0.661. The van der Waals surface area contributed by atoms with Crippen molar-refractivity contribution in [2.75, 3.05) is 12.0 Å². The van der Waals surface area contributed by atoms with Crippen molar-refractivity contribution >= 4 is 33.9 Å². The average Bonchev–Trinajstić information content (AvgIpc) is 3.36. The van der Waals surface area contributed by atoms with Gasteiger partial charge in [0.25, 0.3) is 5.78 Å². The Kier molecular flexibility index (Phi) is 5.56. The number of aromatic nitrogens is 2. The summed E-state index contributed by atoms with van der Waals surface area (Å²) in [5.41, 5.74) is 2.11. The van der Waals surface area contributed by atoms with E-state index in [1.807, 2.05) is 26.0 Å². The average molecular weight is 436 g/mol. The topological polar surface area (TPSA) is 92.6 Å². The number of aliphatic hydroxyl groups excluding tert-OH is 1. The Labute approximate surface area is 183 Å². The van der Waals surface area contributed by atoms with Crippen LogP contribution in [0.25, 0.3) is 5.76 Å². The number of ether oxygens (including phenoxy) is 1. The van der Waals surface area contributed by atoms with Gasteiger partial charge >= 0.3 is 5.91 Å². The third-order valence-electron chi connectivity index (χ3n) is 5.14. The van der Waals surface area contributed by atoms with E-state index in [-0.39, 0.29) is 11.3 Å². The van der Waals surface area contributed by atoms with Gasteiger partial charge in [0.2, 0.25) is 5.13 Å². The maximum absolute atomic E-state index is 13.1. The van der Waals surface area contributed by atoms with Gasteiger partial charge in [-0.05, 0) is 31.0 Å². The molecule has 0 bridgehead atoms. The lowest BCUT2D eigenvalue weighted by Gasteiger charge is -2.23. The van der Waals surface area contributed by atoms with Gasteiger partial charge in [-0.3, -0.25) is 14.5 Å². The number of aliphatic hydroxyl groups is 1. The van der Waals surface area contributed by atoms with Crippen LogP contribution in [0.3, 0.4) is 0 Å². The molecular weight excluding hydrogens is 414 g/mol. The lowest BCUT2D eigenvalue weighted by Crippen LogP contribution is -2.29. The SMILES string of the molecule is CCc1nnc(N2C(=O)C(=O)/C(=C(/O)c3ccc(C)cc3)C2c2cccc(OC)c2)s1. The third-order valence-corrected chi connectivity index (χ3v) is 6.21. The number of methoxy groups -OCH3 is 1. The predicted octanol–water partition coefficient (Wildman–Crippen LogP) is 4.04. The lowest BCUT2D eigenvalue weighted by atomic mass is 9.95. The van der Waals surface area contributed by atoms with E-state index in [9.17, 15) is 14.7 Å². The second-order valence-electron chi connectivity index (χ2n) is 7.14. The number of benzene rings is 2. The molecule has 2 heterocycles. The molecule has 0 spiro atoms.